The zero-order valence-corrected chi connectivity index (χ0v) is 10.9. The van der Waals surface area contributed by atoms with E-state index in [1.165, 1.54) is 12.3 Å². The molecule has 2 rings (SSSR count). The van der Waals surface area contributed by atoms with Gasteiger partial charge in [0.2, 0.25) is 0 Å². The predicted octanol–water partition coefficient (Wildman–Crippen LogP) is 3.16. The molecule has 0 aliphatic heterocycles. The van der Waals surface area contributed by atoms with E-state index in [9.17, 15) is 4.79 Å². The summed E-state index contributed by atoms with van der Waals surface area (Å²) in [6.07, 6.45) is 1.21. The molecule has 0 amide bonds. The first-order valence-corrected chi connectivity index (χ1v) is 5.93. The first-order chi connectivity index (χ1) is 8.16. The van der Waals surface area contributed by atoms with Gasteiger partial charge in [-0.1, -0.05) is 12.1 Å². The van der Waals surface area contributed by atoms with E-state index < -0.39 is 5.97 Å². The van der Waals surface area contributed by atoms with Crippen molar-refractivity contribution in [3.63, 3.8) is 0 Å². The number of carboxylic acids is 1. The highest BCUT2D eigenvalue weighted by molar-refractivity contribution is 14.1. The number of para-hydroxylation sites is 1. The molecule has 0 aliphatic rings. The van der Waals surface area contributed by atoms with E-state index >= 15 is 0 Å². The number of halogens is 1. The standard InChI is InChI=1S/C12H9IO4/c13-10-3-1-2-4-11(10)17-7-9-5-8(6-16-9)12(14)15/h1-6H,7H2,(H,14,15). The van der Waals surface area contributed by atoms with Crippen LogP contribution in [0.3, 0.4) is 0 Å². The molecule has 2 aromatic rings. The van der Waals surface area contributed by atoms with Gasteiger partial charge < -0.3 is 14.3 Å². The molecule has 1 heterocycles. The van der Waals surface area contributed by atoms with E-state index in [1.807, 2.05) is 24.3 Å². The Bertz CT molecular complexity index is 533. The fourth-order valence-corrected chi connectivity index (χ4v) is 1.82. The van der Waals surface area contributed by atoms with Crippen LogP contribution in [0, 0.1) is 3.57 Å². The Morgan fingerprint density at radius 1 is 1.41 bits per heavy atom. The molecule has 0 atom stereocenters. The molecule has 0 aliphatic carbocycles. The van der Waals surface area contributed by atoms with Gasteiger partial charge in [0.25, 0.3) is 0 Å². The Morgan fingerprint density at radius 2 is 2.18 bits per heavy atom. The number of aromatic carboxylic acids is 1. The highest BCUT2D eigenvalue weighted by Crippen LogP contribution is 2.21. The van der Waals surface area contributed by atoms with Gasteiger partial charge >= 0.3 is 5.97 Å². The lowest BCUT2D eigenvalue weighted by molar-refractivity contribution is 0.0696. The van der Waals surface area contributed by atoms with Gasteiger partial charge in [0.1, 0.15) is 24.4 Å². The maximum Gasteiger partial charge on any atom is 0.338 e. The first kappa shape index (κ1) is 12.0. The van der Waals surface area contributed by atoms with Crippen molar-refractivity contribution >= 4 is 28.6 Å². The van der Waals surface area contributed by atoms with Crippen LogP contribution in [0.1, 0.15) is 16.1 Å². The van der Waals surface area contributed by atoms with Crippen molar-refractivity contribution in [1.82, 2.24) is 0 Å². The molecule has 0 fully saturated rings. The smallest absolute Gasteiger partial charge is 0.338 e. The number of ether oxygens (including phenoxy) is 1. The topological polar surface area (TPSA) is 59.7 Å². The third kappa shape index (κ3) is 3.00. The Hall–Kier alpha value is -1.50. The van der Waals surface area contributed by atoms with Gasteiger partial charge in [0.05, 0.1) is 9.13 Å². The zero-order valence-electron chi connectivity index (χ0n) is 8.72. The van der Waals surface area contributed by atoms with Gasteiger partial charge in [-0.25, -0.2) is 4.79 Å². The van der Waals surface area contributed by atoms with Gasteiger partial charge in [-0.05, 0) is 40.8 Å². The highest BCUT2D eigenvalue weighted by atomic mass is 127. The molecular weight excluding hydrogens is 335 g/mol. The quantitative estimate of drug-likeness (QED) is 0.866. The van der Waals surface area contributed by atoms with E-state index in [-0.39, 0.29) is 12.2 Å². The highest BCUT2D eigenvalue weighted by Gasteiger charge is 2.09. The van der Waals surface area contributed by atoms with Crippen LogP contribution < -0.4 is 4.74 Å². The van der Waals surface area contributed by atoms with Crippen LogP contribution in [0.15, 0.2) is 41.0 Å². The Balaban J connectivity index is 2.02. The number of carboxylic acid groups (broad SMARTS) is 1. The largest absolute Gasteiger partial charge is 0.485 e. The van der Waals surface area contributed by atoms with Gasteiger partial charge in [0, 0.05) is 0 Å². The number of hydrogen-bond acceptors (Lipinski definition) is 3. The summed E-state index contributed by atoms with van der Waals surface area (Å²) in [7, 11) is 0. The molecule has 0 radical (unpaired) electrons. The van der Waals surface area contributed by atoms with E-state index in [4.69, 9.17) is 14.3 Å². The maximum atomic E-state index is 10.6. The SMILES string of the molecule is O=C(O)c1coc(COc2ccccc2I)c1. The van der Waals surface area contributed by atoms with Gasteiger partial charge in [-0.2, -0.15) is 0 Å². The fourth-order valence-electron chi connectivity index (χ4n) is 1.28. The zero-order chi connectivity index (χ0) is 12.3. The minimum atomic E-state index is -1.01. The van der Waals surface area contributed by atoms with E-state index in [1.54, 1.807) is 0 Å². The molecule has 17 heavy (non-hydrogen) atoms. The molecule has 1 aromatic heterocycles. The average molecular weight is 344 g/mol. The van der Waals surface area contributed by atoms with Crippen molar-refractivity contribution in [2.24, 2.45) is 0 Å². The number of furan rings is 1. The molecule has 0 unspecified atom stereocenters. The molecule has 88 valence electrons. The minimum Gasteiger partial charge on any atom is -0.485 e. The van der Waals surface area contributed by atoms with Crippen LogP contribution in [0.2, 0.25) is 0 Å². The molecule has 5 heteroatoms. The summed E-state index contributed by atoms with van der Waals surface area (Å²) in [5.74, 6) is 0.234. The number of hydrogen-bond donors (Lipinski definition) is 1. The molecule has 1 N–H and O–H groups in total. The number of rotatable bonds is 4. The summed E-state index contributed by atoms with van der Waals surface area (Å²) in [6.45, 7) is 0.216. The van der Waals surface area contributed by atoms with Gasteiger partial charge in [-0.3, -0.25) is 0 Å². The lowest BCUT2D eigenvalue weighted by atomic mass is 10.3. The van der Waals surface area contributed by atoms with E-state index in [0.29, 0.717) is 5.76 Å². The van der Waals surface area contributed by atoms with Crippen molar-refractivity contribution in [2.45, 2.75) is 6.61 Å². The average Bonchev–Trinajstić information content (AvgIpc) is 2.77. The predicted molar refractivity (Wildman–Crippen MR) is 69.2 cm³/mol. The second kappa shape index (κ2) is 5.22. The lowest BCUT2D eigenvalue weighted by Gasteiger charge is -2.05. The second-order valence-electron chi connectivity index (χ2n) is 3.33. The molecule has 0 bridgehead atoms. The lowest BCUT2D eigenvalue weighted by Crippen LogP contribution is -1.96. The Morgan fingerprint density at radius 3 is 2.82 bits per heavy atom. The Kier molecular flexibility index (Phi) is 3.68. The van der Waals surface area contributed by atoms with Crippen molar-refractivity contribution < 1.29 is 19.1 Å². The summed E-state index contributed by atoms with van der Waals surface area (Å²) in [5.41, 5.74) is 0.131. The number of benzene rings is 1. The van der Waals surface area contributed by atoms with Crippen LogP contribution in [0.5, 0.6) is 5.75 Å². The van der Waals surface area contributed by atoms with E-state index in [2.05, 4.69) is 22.6 Å². The Labute approximate surface area is 111 Å². The van der Waals surface area contributed by atoms with Crippen molar-refractivity contribution in [1.29, 1.82) is 0 Å². The van der Waals surface area contributed by atoms with Crippen molar-refractivity contribution in [3.05, 3.63) is 51.5 Å². The number of carbonyl (C=O) groups is 1. The molecular formula is C12H9IO4. The van der Waals surface area contributed by atoms with Crippen LogP contribution >= 0.6 is 22.6 Å². The van der Waals surface area contributed by atoms with Crippen molar-refractivity contribution in [3.8, 4) is 5.75 Å². The van der Waals surface area contributed by atoms with E-state index in [0.717, 1.165) is 9.32 Å². The van der Waals surface area contributed by atoms with Crippen LogP contribution in [0.4, 0.5) is 0 Å². The summed E-state index contributed by atoms with van der Waals surface area (Å²) in [4.78, 5) is 10.6. The monoisotopic (exact) mass is 344 g/mol. The molecule has 0 saturated heterocycles. The van der Waals surface area contributed by atoms with Crippen LogP contribution in [0.25, 0.3) is 0 Å². The summed E-state index contributed by atoms with van der Waals surface area (Å²) >= 11 is 2.17. The second-order valence-corrected chi connectivity index (χ2v) is 4.49. The fraction of sp³-hybridized carbons (Fsp3) is 0.0833. The summed E-state index contributed by atoms with van der Waals surface area (Å²) < 4.78 is 11.6. The summed E-state index contributed by atoms with van der Waals surface area (Å²) in [5, 5.41) is 8.73. The molecule has 0 spiro atoms. The molecule has 0 saturated carbocycles. The molecule has 1 aromatic carbocycles. The van der Waals surface area contributed by atoms with Gasteiger partial charge in [0.15, 0.2) is 0 Å². The maximum absolute atomic E-state index is 10.6. The van der Waals surface area contributed by atoms with Crippen LogP contribution in [-0.2, 0) is 6.61 Å². The summed E-state index contributed by atoms with van der Waals surface area (Å²) in [6, 6.07) is 9.04. The third-order valence-electron chi connectivity index (χ3n) is 2.11. The third-order valence-corrected chi connectivity index (χ3v) is 3.00. The van der Waals surface area contributed by atoms with Crippen LogP contribution in [-0.4, -0.2) is 11.1 Å². The van der Waals surface area contributed by atoms with Gasteiger partial charge in [-0.15, -0.1) is 0 Å². The first-order valence-electron chi connectivity index (χ1n) is 4.85. The van der Waals surface area contributed by atoms with Crippen molar-refractivity contribution in [2.75, 3.05) is 0 Å². The molecule has 4 nitrogen and oxygen atoms in total. The minimum absolute atomic E-state index is 0.131. The normalized spacial score (nSPS) is 10.2.